The highest BCUT2D eigenvalue weighted by molar-refractivity contribution is 5.71. The molecule has 5 nitrogen and oxygen atoms in total. The first-order valence-electron chi connectivity index (χ1n) is 8.46. The van der Waals surface area contributed by atoms with E-state index in [-0.39, 0.29) is 18.3 Å². The highest BCUT2D eigenvalue weighted by atomic mass is 16.5. The molecule has 2 aromatic carbocycles. The standard InChI is InChI=1S/C21H23NO4/c1-4-26-21(23)13-17(15-8-6-5-7-9-15)18(14-22)16-10-11-19(24-2)20(12-16)25-3/h5-12,17-18H,4,13H2,1-3H3. The number of methoxy groups -OCH3 is 2. The van der Waals surface area contributed by atoms with Crippen LogP contribution in [0, 0.1) is 11.3 Å². The van der Waals surface area contributed by atoms with Crippen LogP contribution in [0.15, 0.2) is 48.5 Å². The SMILES string of the molecule is CCOC(=O)CC(c1ccccc1)C(C#N)c1ccc(OC)c(OC)c1. The van der Waals surface area contributed by atoms with Crippen molar-refractivity contribution in [1.82, 2.24) is 0 Å². The summed E-state index contributed by atoms with van der Waals surface area (Å²) in [6.07, 6.45) is 0.129. The molecule has 0 bridgehead atoms. The van der Waals surface area contributed by atoms with E-state index in [1.807, 2.05) is 36.4 Å². The summed E-state index contributed by atoms with van der Waals surface area (Å²) < 4.78 is 15.7. The Morgan fingerprint density at radius 2 is 1.73 bits per heavy atom. The lowest BCUT2D eigenvalue weighted by Gasteiger charge is -2.23. The van der Waals surface area contributed by atoms with Gasteiger partial charge in [-0.2, -0.15) is 5.26 Å². The molecule has 0 saturated carbocycles. The number of esters is 1. The predicted molar refractivity (Wildman–Crippen MR) is 98.3 cm³/mol. The molecule has 136 valence electrons. The lowest BCUT2D eigenvalue weighted by atomic mass is 9.80. The Morgan fingerprint density at radius 3 is 2.31 bits per heavy atom. The summed E-state index contributed by atoms with van der Waals surface area (Å²) in [6, 6.07) is 17.3. The highest BCUT2D eigenvalue weighted by Crippen LogP contribution is 2.39. The Hall–Kier alpha value is -3.00. The fourth-order valence-corrected chi connectivity index (χ4v) is 2.97. The molecule has 0 fully saturated rings. The quantitative estimate of drug-likeness (QED) is 0.670. The number of nitrogens with zero attached hydrogens (tertiary/aromatic N) is 1. The van der Waals surface area contributed by atoms with E-state index in [4.69, 9.17) is 14.2 Å². The van der Waals surface area contributed by atoms with Gasteiger partial charge in [-0.05, 0) is 30.2 Å². The van der Waals surface area contributed by atoms with E-state index in [0.717, 1.165) is 11.1 Å². The fourth-order valence-electron chi connectivity index (χ4n) is 2.97. The van der Waals surface area contributed by atoms with E-state index in [1.54, 1.807) is 33.3 Å². The first-order chi connectivity index (χ1) is 12.6. The third kappa shape index (κ3) is 4.54. The maximum atomic E-state index is 12.1. The minimum absolute atomic E-state index is 0.129. The van der Waals surface area contributed by atoms with Crippen LogP contribution in [0.4, 0.5) is 0 Å². The monoisotopic (exact) mass is 353 g/mol. The van der Waals surface area contributed by atoms with Crippen LogP contribution < -0.4 is 9.47 Å². The van der Waals surface area contributed by atoms with Crippen molar-refractivity contribution < 1.29 is 19.0 Å². The van der Waals surface area contributed by atoms with Crippen molar-refractivity contribution >= 4 is 5.97 Å². The van der Waals surface area contributed by atoms with E-state index >= 15 is 0 Å². The number of carbonyl (C=O) groups excluding carboxylic acids is 1. The van der Waals surface area contributed by atoms with Gasteiger partial charge in [0.2, 0.25) is 0 Å². The number of hydrogen-bond acceptors (Lipinski definition) is 5. The molecule has 0 aliphatic heterocycles. The van der Waals surface area contributed by atoms with Crippen LogP contribution in [0.3, 0.4) is 0 Å². The lowest BCUT2D eigenvalue weighted by Crippen LogP contribution is -2.16. The van der Waals surface area contributed by atoms with Gasteiger partial charge >= 0.3 is 5.97 Å². The minimum Gasteiger partial charge on any atom is -0.493 e. The lowest BCUT2D eigenvalue weighted by molar-refractivity contribution is -0.143. The Balaban J connectivity index is 2.43. The van der Waals surface area contributed by atoms with Crippen molar-refractivity contribution in [2.45, 2.75) is 25.2 Å². The molecular weight excluding hydrogens is 330 g/mol. The summed E-state index contributed by atoms with van der Waals surface area (Å²) in [7, 11) is 3.11. The molecule has 0 aliphatic carbocycles. The van der Waals surface area contributed by atoms with Gasteiger partial charge in [-0.25, -0.2) is 0 Å². The Bertz CT molecular complexity index is 767. The number of hydrogen-bond donors (Lipinski definition) is 0. The van der Waals surface area contributed by atoms with E-state index < -0.39 is 5.92 Å². The number of nitriles is 1. The maximum absolute atomic E-state index is 12.1. The summed E-state index contributed by atoms with van der Waals surface area (Å²) in [6.45, 7) is 2.08. The van der Waals surface area contributed by atoms with Crippen molar-refractivity contribution in [3.8, 4) is 17.6 Å². The molecular formula is C21H23NO4. The van der Waals surface area contributed by atoms with Gasteiger partial charge in [0.05, 0.1) is 39.2 Å². The van der Waals surface area contributed by atoms with Crippen LogP contribution in [-0.2, 0) is 9.53 Å². The largest absolute Gasteiger partial charge is 0.493 e. The van der Waals surface area contributed by atoms with Crippen LogP contribution in [0.25, 0.3) is 0 Å². The third-order valence-corrected chi connectivity index (χ3v) is 4.23. The van der Waals surface area contributed by atoms with E-state index in [1.165, 1.54) is 0 Å². The van der Waals surface area contributed by atoms with Crippen LogP contribution in [0.1, 0.15) is 36.3 Å². The molecule has 2 unspecified atom stereocenters. The molecule has 0 heterocycles. The van der Waals surface area contributed by atoms with Gasteiger partial charge in [0.1, 0.15) is 0 Å². The van der Waals surface area contributed by atoms with E-state index in [2.05, 4.69) is 6.07 Å². The van der Waals surface area contributed by atoms with Gasteiger partial charge in [0, 0.05) is 5.92 Å². The Morgan fingerprint density at radius 1 is 1.04 bits per heavy atom. The van der Waals surface area contributed by atoms with Crippen LogP contribution >= 0.6 is 0 Å². The first kappa shape index (κ1) is 19.3. The average Bonchev–Trinajstić information content (AvgIpc) is 2.68. The summed E-state index contributed by atoms with van der Waals surface area (Å²) in [5.74, 6) is -0.0233. The molecule has 2 rings (SSSR count). The fraction of sp³-hybridized carbons (Fsp3) is 0.333. The van der Waals surface area contributed by atoms with Crippen molar-refractivity contribution in [3.63, 3.8) is 0 Å². The minimum atomic E-state index is -0.526. The van der Waals surface area contributed by atoms with Crippen LogP contribution in [0.5, 0.6) is 11.5 Å². The number of benzene rings is 2. The van der Waals surface area contributed by atoms with Crippen LogP contribution in [-0.4, -0.2) is 26.8 Å². The van der Waals surface area contributed by atoms with Crippen LogP contribution in [0.2, 0.25) is 0 Å². The molecule has 0 saturated heterocycles. The molecule has 0 aliphatic rings. The molecule has 0 spiro atoms. The van der Waals surface area contributed by atoms with Gasteiger partial charge in [-0.15, -0.1) is 0 Å². The molecule has 26 heavy (non-hydrogen) atoms. The van der Waals surface area contributed by atoms with E-state index in [9.17, 15) is 10.1 Å². The first-order valence-corrected chi connectivity index (χ1v) is 8.46. The summed E-state index contributed by atoms with van der Waals surface area (Å²) in [5, 5.41) is 9.87. The van der Waals surface area contributed by atoms with Crippen molar-refractivity contribution in [2.75, 3.05) is 20.8 Å². The van der Waals surface area contributed by atoms with Crippen molar-refractivity contribution in [1.29, 1.82) is 5.26 Å². The zero-order chi connectivity index (χ0) is 18.9. The van der Waals surface area contributed by atoms with Gasteiger partial charge in [0.25, 0.3) is 0 Å². The second kappa shape index (κ2) is 9.47. The summed E-state index contributed by atoms with van der Waals surface area (Å²) >= 11 is 0. The highest BCUT2D eigenvalue weighted by Gasteiger charge is 2.28. The predicted octanol–water partition coefficient (Wildman–Crippen LogP) is 4.05. The third-order valence-electron chi connectivity index (χ3n) is 4.23. The zero-order valence-electron chi connectivity index (χ0n) is 15.3. The summed E-state index contributed by atoms with van der Waals surface area (Å²) in [5.41, 5.74) is 1.69. The molecule has 0 N–H and O–H groups in total. The normalized spacial score (nSPS) is 12.5. The van der Waals surface area contributed by atoms with E-state index in [0.29, 0.717) is 18.1 Å². The molecule has 2 atom stereocenters. The molecule has 5 heteroatoms. The van der Waals surface area contributed by atoms with Crippen molar-refractivity contribution in [2.24, 2.45) is 0 Å². The number of carbonyl (C=O) groups is 1. The second-order valence-electron chi connectivity index (χ2n) is 5.75. The smallest absolute Gasteiger partial charge is 0.306 e. The molecule has 2 aromatic rings. The zero-order valence-corrected chi connectivity index (χ0v) is 15.3. The molecule has 0 aromatic heterocycles. The molecule has 0 radical (unpaired) electrons. The Labute approximate surface area is 154 Å². The van der Waals surface area contributed by atoms with Gasteiger partial charge < -0.3 is 14.2 Å². The molecule has 0 amide bonds. The number of ether oxygens (including phenoxy) is 3. The van der Waals surface area contributed by atoms with Gasteiger partial charge in [-0.1, -0.05) is 36.4 Å². The van der Waals surface area contributed by atoms with Crippen molar-refractivity contribution in [3.05, 3.63) is 59.7 Å². The van der Waals surface area contributed by atoms with Gasteiger partial charge in [0.15, 0.2) is 11.5 Å². The summed E-state index contributed by atoms with van der Waals surface area (Å²) in [4.78, 5) is 12.1. The Kier molecular flexibility index (Phi) is 7.04. The van der Waals surface area contributed by atoms with Gasteiger partial charge in [-0.3, -0.25) is 4.79 Å². The maximum Gasteiger partial charge on any atom is 0.306 e. The second-order valence-corrected chi connectivity index (χ2v) is 5.75. The number of rotatable bonds is 8. The topological polar surface area (TPSA) is 68.6 Å². The average molecular weight is 353 g/mol.